The molecule has 6 heteroatoms. The fraction of sp³-hybridized carbons (Fsp3) is 0.455. The number of hydrogen-bond acceptors (Lipinski definition) is 5. The average Bonchev–Trinajstić information content (AvgIpc) is 2.64. The first kappa shape index (κ1) is 22.7. The normalized spacial score (nSPS) is 14.1. The molecule has 0 fully saturated rings. The third kappa shape index (κ3) is 5.08. The van der Waals surface area contributed by atoms with Crippen LogP contribution in [0.4, 0.5) is 0 Å². The van der Waals surface area contributed by atoms with Crippen molar-refractivity contribution in [1.82, 2.24) is 0 Å². The Hall–Kier alpha value is -1.54. The molecule has 0 heterocycles. The predicted molar refractivity (Wildman–Crippen MR) is 113 cm³/mol. The van der Waals surface area contributed by atoms with E-state index in [-0.39, 0.29) is 24.7 Å². The largest absolute Gasteiger partial charge is 0.407 e. The van der Waals surface area contributed by atoms with Crippen LogP contribution < -0.4 is 10.4 Å². The number of rotatable bonds is 9. The molecule has 0 bridgehead atoms. The lowest BCUT2D eigenvalue weighted by Gasteiger charge is -2.43. The summed E-state index contributed by atoms with van der Waals surface area (Å²) >= 11 is 0. The zero-order chi connectivity index (χ0) is 20.8. The summed E-state index contributed by atoms with van der Waals surface area (Å²) in [5, 5.41) is 30.8. The van der Waals surface area contributed by atoms with Gasteiger partial charge in [-0.15, -0.1) is 0 Å². The van der Waals surface area contributed by atoms with Crippen molar-refractivity contribution in [3.8, 4) is 0 Å². The zero-order valence-electron chi connectivity index (χ0n) is 17.1. The van der Waals surface area contributed by atoms with Crippen LogP contribution in [0.3, 0.4) is 0 Å². The third-order valence-electron chi connectivity index (χ3n) is 4.92. The van der Waals surface area contributed by atoms with Crippen molar-refractivity contribution >= 4 is 18.7 Å². The smallest absolute Gasteiger partial charge is 0.303 e. The fourth-order valence-electron chi connectivity index (χ4n) is 3.67. The lowest BCUT2D eigenvalue weighted by atomic mass is 10.2. The highest BCUT2D eigenvalue weighted by Crippen LogP contribution is 2.37. The molecule has 3 N–H and O–H groups in total. The van der Waals surface area contributed by atoms with E-state index >= 15 is 0 Å². The molecule has 0 amide bonds. The van der Waals surface area contributed by atoms with Crippen molar-refractivity contribution in [2.45, 2.75) is 51.2 Å². The quantitative estimate of drug-likeness (QED) is 0.440. The molecular weight excluding hydrogens is 372 g/mol. The van der Waals surface area contributed by atoms with Crippen LogP contribution in [-0.2, 0) is 9.16 Å². The minimum Gasteiger partial charge on any atom is -0.407 e. The number of benzene rings is 2. The first-order valence-electron chi connectivity index (χ1n) is 9.66. The summed E-state index contributed by atoms with van der Waals surface area (Å²) < 4.78 is 12.0. The van der Waals surface area contributed by atoms with E-state index in [9.17, 15) is 15.3 Å². The number of hydrogen-bond donors (Lipinski definition) is 3. The number of aliphatic hydroxyl groups is 3. The van der Waals surface area contributed by atoms with Gasteiger partial charge in [0.2, 0.25) is 0 Å². The molecule has 0 aromatic heterocycles. The molecule has 154 valence electrons. The van der Waals surface area contributed by atoms with Crippen LogP contribution in [0.25, 0.3) is 0 Å². The summed E-state index contributed by atoms with van der Waals surface area (Å²) in [6, 6.07) is 20.4. The van der Waals surface area contributed by atoms with Crippen LogP contribution in [0, 0.1) is 0 Å². The van der Waals surface area contributed by atoms with Gasteiger partial charge in [0.05, 0.1) is 0 Å². The van der Waals surface area contributed by atoms with E-state index < -0.39 is 20.4 Å². The molecule has 0 spiro atoms. The van der Waals surface area contributed by atoms with Crippen LogP contribution in [-0.4, -0.2) is 48.9 Å². The van der Waals surface area contributed by atoms with Crippen LogP contribution in [0.5, 0.6) is 0 Å². The third-order valence-corrected chi connectivity index (χ3v) is 9.96. The highest BCUT2D eigenvalue weighted by molar-refractivity contribution is 6.99. The molecule has 2 aromatic rings. The Morgan fingerprint density at radius 1 is 0.857 bits per heavy atom. The maximum Gasteiger partial charge on any atom is 0.303 e. The summed E-state index contributed by atoms with van der Waals surface area (Å²) in [5.74, 6) is -2.90. The van der Waals surface area contributed by atoms with Gasteiger partial charge in [-0.25, -0.2) is 0 Å². The lowest BCUT2D eigenvalue weighted by molar-refractivity contribution is -0.362. The molecule has 2 aromatic carbocycles. The van der Waals surface area contributed by atoms with Gasteiger partial charge in [0.1, 0.15) is 6.10 Å². The van der Waals surface area contributed by atoms with Crippen molar-refractivity contribution in [3.63, 3.8) is 0 Å². The summed E-state index contributed by atoms with van der Waals surface area (Å²) in [6.07, 6.45) is -0.988. The molecule has 0 saturated carbocycles. The molecular formula is C22H32O5Si. The van der Waals surface area contributed by atoms with Crippen molar-refractivity contribution in [1.29, 1.82) is 0 Å². The maximum absolute atomic E-state index is 9.57. The van der Waals surface area contributed by atoms with Crippen LogP contribution in [0.15, 0.2) is 60.7 Å². The van der Waals surface area contributed by atoms with Gasteiger partial charge in [-0.2, -0.15) is 0 Å². The Bertz CT molecular complexity index is 668. The molecule has 0 radical (unpaired) electrons. The van der Waals surface area contributed by atoms with Crippen LogP contribution in [0.1, 0.15) is 34.1 Å². The van der Waals surface area contributed by atoms with Gasteiger partial charge in [0.25, 0.3) is 8.32 Å². The summed E-state index contributed by atoms with van der Waals surface area (Å²) in [6.45, 7) is 8.74. The Kier molecular flexibility index (Phi) is 7.56. The van der Waals surface area contributed by atoms with E-state index in [1.165, 1.54) is 0 Å². The van der Waals surface area contributed by atoms with E-state index in [0.717, 1.165) is 10.4 Å². The minimum absolute atomic E-state index is 0.155. The first-order valence-corrected chi connectivity index (χ1v) is 11.6. The Morgan fingerprint density at radius 2 is 1.32 bits per heavy atom. The van der Waals surface area contributed by atoms with Gasteiger partial charge in [0.15, 0.2) is 0 Å². The summed E-state index contributed by atoms with van der Waals surface area (Å²) in [4.78, 5) is 0. The molecule has 2 rings (SSSR count). The Morgan fingerprint density at radius 3 is 1.68 bits per heavy atom. The molecule has 0 aliphatic heterocycles. The van der Waals surface area contributed by atoms with E-state index in [2.05, 4.69) is 45.0 Å². The van der Waals surface area contributed by atoms with Crippen molar-refractivity contribution in [2.75, 3.05) is 13.2 Å². The van der Waals surface area contributed by atoms with Crippen LogP contribution in [0.2, 0.25) is 5.04 Å². The second-order valence-electron chi connectivity index (χ2n) is 7.93. The molecule has 28 heavy (non-hydrogen) atoms. The highest BCUT2D eigenvalue weighted by atomic mass is 28.4. The lowest BCUT2D eigenvalue weighted by Crippen LogP contribution is -2.66. The second-order valence-corrected chi connectivity index (χ2v) is 12.2. The van der Waals surface area contributed by atoms with Crippen molar-refractivity contribution < 1.29 is 24.5 Å². The fourth-order valence-corrected chi connectivity index (χ4v) is 8.25. The maximum atomic E-state index is 9.57. The predicted octanol–water partition coefficient (Wildman–Crippen LogP) is 1.99. The van der Waals surface area contributed by atoms with Gasteiger partial charge < -0.3 is 24.5 Å². The molecule has 5 nitrogen and oxygen atoms in total. The Balaban J connectivity index is 2.42. The van der Waals surface area contributed by atoms with E-state index in [1.54, 1.807) is 6.92 Å². The first-order chi connectivity index (χ1) is 13.1. The minimum atomic E-state index is -2.90. The van der Waals surface area contributed by atoms with Gasteiger partial charge in [0, 0.05) is 19.6 Å². The SMILES string of the molecule is CCOC(CCO[Si](c1ccccc1)(c1ccccc1)C(C)(C)C)C(O)(O)O. The standard InChI is InChI=1S/C22H32O5Si/c1-5-26-20(22(23,24)25)16-17-27-28(21(2,3)4,18-12-8-6-9-13-18)19-14-10-7-11-15-19/h6-15,20,23-25H,5,16-17H2,1-4H3. The molecule has 0 aliphatic carbocycles. The topological polar surface area (TPSA) is 79.2 Å². The van der Waals surface area contributed by atoms with E-state index in [1.807, 2.05) is 36.4 Å². The second kappa shape index (κ2) is 9.30. The van der Waals surface area contributed by atoms with E-state index in [4.69, 9.17) is 9.16 Å². The number of ether oxygens (including phenoxy) is 1. The monoisotopic (exact) mass is 404 g/mol. The van der Waals surface area contributed by atoms with Crippen molar-refractivity contribution in [2.24, 2.45) is 0 Å². The van der Waals surface area contributed by atoms with E-state index in [0.29, 0.717) is 0 Å². The Labute approximate surface area is 168 Å². The zero-order valence-corrected chi connectivity index (χ0v) is 18.1. The summed E-state index contributed by atoms with van der Waals surface area (Å²) in [7, 11) is -2.70. The summed E-state index contributed by atoms with van der Waals surface area (Å²) in [5.41, 5.74) is 0. The van der Waals surface area contributed by atoms with Gasteiger partial charge in [-0.05, 0) is 22.3 Å². The van der Waals surface area contributed by atoms with Crippen molar-refractivity contribution in [3.05, 3.63) is 60.7 Å². The van der Waals surface area contributed by atoms with Gasteiger partial charge in [-0.1, -0.05) is 81.4 Å². The molecule has 1 unspecified atom stereocenters. The highest BCUT2D eigenvalue weighted by Gasteiger charge is 2.50. The van der Waals surface area contributed by atoms with Gasteiger partial charge >= 0.3 is 5.97 Å². The van der Waals surface area contributed by atoms with Crippen LogP contribution >= 0.6 is 0 Å². The molecule has 0 saturated heterocycles. The molecule has 1 atom stereocenters. The molecule has 0 aliphatic rings. The average molecular weight is 405 g/mol. The van der Waals surface area contributed by atoms with Gasteiger partial charge in [-0.3, -0.25) is 0 Å².